The normalized spacial score (nSPS) is 11.8. The van der Waals surface area contributed by atoms with Gasteiger partial charge in [0.25, 0.3) is 11.8 Å². The largest absolute Gasteiger partial charge is 0.480 e. The Labute approximate surface area is 144 Å². The second-order valence-corrected chi connectivity index (χ2v) is 5.61. The Morgan fingerprint density at radius 3 is 2.44 bits per heavy atom. The summed E-state index contributed by atoms with van der Waals surface area (Å²) in [6.07, 6.45) is 0.584. The lowest BCUT2D eigenvalue weighted by Crippen LogP contribution is -2.42. The van der Waals surface area contributed by atoms with Crippen molar-refractivity contribution >= 4 is 17.8 Å². The van der Waals surface area contributed by atoms with Gasteiger partial charge in [-0.05, 0) is 25.5 Å². The minimum absolute atomic E-state index is 0.0285. The molecule has 0 aliphatic carbocycles. The fourth-order valence-corrected chi connectivity index (χ4v) is 2.37. The molecule has 1 unspecified atom stereocenters. The molecule has 2 rings (SSSR count). The molecule has 1 aromatic carbocycles. The SMILES string of the molecule is CCC(C)N(CC(=O)O)C(=O)c1cc(C(N)=O)n(-c2ccccc2)n1. The number of nitrogens with two attached hydrogens (primary N) is 1. The number of carboxylic acids is 1. The first-order valence-corrected chi connectivity index (χ1v) is 7.83. The van der Waals surface area contributed by atoms with Crippen LogP contribution in [0.1, 0.15) is 41.2 Å². The number of carbonyl (C=O) groups excluding carboxylic acids is 2. The van der Waals surface area contributed by atoms with Crippen molar-refractivity contribution in [2.24, 2.45) is 5.73 Å². The van der Waals surface area contributed by atoms with Gasteiger partial charge in [0, 0.05) is 12.1 Å². The Hall–Kier alpha value is -3.16. The van der Waals surface area contributed by atoms with Gasteiger partial charge < -0.3 is 15.7 Å². The maximum absolute atomic E-state index is 12.7. The van der Waals surface area contributed by atoms with Gasteiger partial charge in [-0.15, -0.1) is 0 Å². The van der Waals surface area contributed by atoms with Crippen molar-refractivity contribution in [3.8, 4) is 5.69 Å². The summed E-state index contributed by atoms with van der Waals surface area (Å²) < 4.78 is 1.28. The van der Waals surface area contributed by atoms with Gasteiger partial charge in [0.05, 0.1) is 5.69 Å². The van der Waals surface area contributed by atoms with E-state index < -0.39 is 24.3 Å². The van der Waals surface area contributed by atoms with Crippen molar-refractivity contribution in [2.75, 3.05) is 6.54 Å². The molecule has 2 amide bonds. The van der Waals surface area contributed by atoms with Crippen molar-refractivity contribution in [1.82, 2.24) is 14.7 Å². The molecule has 0 radical (unpaired) electrons. The predicted octanol–water partition coefficient (Wildman–Crippen LogP) is 1.30. The zero-order valence-corrected chi connectivity index (χ0v) is 14.0. The molecule has 0 bridgehead atoms. The molecular formula is C17H20N4O4. The van der Waals surface area contributed by atoms with E-state index in [4.69, 9.17) is 10.8 Å². The highest BCUT2D eigenvalue weighted by atomic mass is 16.4. The third-order valence-electron chi connectivity index (χ3n) is 3.87. The molecule has 0 fully saturated rings. The van der Waals surface area contributed by atoms with Crippen molar-refractivity contribution in [1.29, 1.82) is 0 Å². The van der Waals surface area contributed by atoms with Crippen LogP contribution in [0.5, 0.6) is 0 Å². The molecular weight excluding hydrogens is 324 g/mol. The van der Waals surface area contributed by atoms with Gasteiger partial charge >= 0.3 is 5.97 Å². The molecule has 25 heavy (non-hydrogen) atoms. The zero-order chi connectivity index (χ0) is 18.6. The van der Waals surface area contributed by atoms with Crippen molar-refractivity contribution < 1.29 is 19.5 Å². The maximum atomic E-state index is 12.7. The predicted molar refractivity (Wildman–Crippen MR) is 90.5 cm³/mol. The average molecular weight is 344 g/mol. The van der Waals surface area contributed by atoms with E-state index in [0.717, 1.165) is 0 Å². The first-order chi connectivity index (χ1) is 11.8. The first kappa shape index (κ1) is 18.2. The number of carboxylic acid groups (broad SMARTS) is 1. The highest BCUT2D eigenvalue weighted by Gasteiger charge is 2.27. The average Bonchev–Trinajstić information content (AvgIpc) is 3.04. The Morgan fingerprint density at radius 1 is 1.28 bits per heavy atom. The summed E-state index contributed by atoms with van der Waals surface area (Å²) in [5.41, 5.74) is 5.98. The summed E-state index contributed by atoms with van der Waals surface area (Å²) in [7, 11) is 0. The second kappa shape index (κ2) is 7.61. The van der Waals surface area contributed by atoms with E-state index in [1.807, 2.05) is 6.92 Å². The van der Waals surface area contributed by atoms with E-state index in [9.17, 15) is 14.4 Å². The number of nitrogens with zero attached hydrogens (tertiary/aromatic N) is 3. The van der Waals surface area contributed by atoms with Crippen LogP contribution < -0.4 is 5.73 Å². The van der Waals surface area contributed by atoms with Crippen molar-refractivity contribution in [2.45, 2.75) is 26.3 Å². The van der Waals surface area contributed by atoms with Gasteiger partial charge in [-0.1, -0.05) is 25.1 Å². The van der Waals surface area contributed by atoms with Crippen LogP contribution in [0.25, 0.3) is 5.69 Å². The molecule has 0 aliphatic rings. The summed E-state index contributed by atoms with van der Waals surface area (Å²) in [6.45, 7) is 3.16. The molecule has 2 aromatic rings. The number of aliphatic carboxylic acids is 1. The number of primary amides is 1. The number of rotatable bonds is 7. The molecule has 0 saturated carbocycles. The van der Waals surface area contributed by atoms with E-state index in [-0.39, 0.29) is 17.4 Å². The third-order valence-corrected chi connectivity index (χ3v) is 3.87. The highest BCUT2D eigenvalue weighted by Crippen LogP contribution is 2.15. The molecule has 1 heterocycles. The smallest absolute Gasteiger partial charge is 0.323 e. The van der Waals surface area contributed by atoms with E-state index >= 15 is 0 Å². The molecule has 0 aliphatic heterocycles. The van der Waals surface area contributed by atoms with Crippen LogP contribution in [0.4, 0.5) is 0 Å². The minimum atomic E-state index is -1.12. The zero-order valence-electron chi connectivity index (χ0n) is 14.0. The lowest BCUT2D eigenvalue weighted by Gasteiger charge is -2.26. The molecule has 0 spiro atoms. The van der Waals surface area contributed by atoms with E-state index in [1.165, 1.54) is 15.6 Å². The monoisotopic (exact) mass is 344 g/mol. The Kier molecular flexibility index (Phi) is 5.53. The number of aromatic nitrogens is 2. The lowest BCUT2D eigenvalue weighted by molar-refractivity contribution is -0.138. The Morgan fingerprint density at radius 2 is 1.92 bits per heavy atom. The fraction of sp³-hybridized carbons (Fsp3) is 0.294. The number of amides is 2. The molecule has 3 N–H and O–H groups in total. The minimum Gasteiger partial charge on any atom is -0.480 e. The lowest BCUT2D eigenvalue weighted by atomic mass is 10.2. The van der Waals surface area contributed by atoms with Crippen molar-refractivity contribution in [3.05, 3.63) is 47.8 Å². The molecule has 0 saturated heterocycles. The summed E-state index contributed by atoms with van der Waals surface area (Å²) >= 11 is 0. The summed E-state index contributed by atoms with van der Waals surface area (Å²) in [5, 5.41) is 13.2. The molecule has 8 nitrogen and oxygen atoms in total. The van der Waals surface area contributed by atoms with Gasteiger partial charge in [-0.3, -0.25) is 14.4 Å². The van der Waals surface area contributed by atoms with Crippen LogP contribution in [-0.2, 0) is 4.79 Å². The summed E-state index contributed by atoms with van der Waals surface area (Å²) in [6, 6.07) is 9.77. The van der Waals surface area contributed by atoms with Gasteiger partial charge in [0.15, 0.2) is 5.69 Å². The quantitative estimate of drug-likeness (QED) is 0.784. The third kappa shape index (κ3) is 4.03. The number of carbonyl (C=O) groups is 3. The van der Waals surface area contributed by atoms with Crippen LogP contribution in [-0.4, -0.2) is 50.2 Å². The van der Waals surface area contributed by atoms with Crippen LogP contribution in [0.3, 0.4) is 0 Å². The summed E-state index contributed by atoms with van der Waals surface area (Å²) in [4.78, 5) is 36.7. The van der Waals surface area contributed by atoms with Gasteiger partial charge in [0.2, 0.25) is 0 Å². The van der Waals surface area contributed by atoms with Crippen molar-refractivity contribution in [3.63, 3.8) is 0 Å². The summed E-state index contributed by atoms with van der Waals surface area (Å²) in [5.74, 6) is -2.41. The molecule has 1 aromatic heterocycles. The number of hydrogen-bond donors (Lipinski definition) is 2. The van der Waals surface area contributed by atoms with E-state index in [1.54, 1.807) is 37.3 Å². The number of hydrogen-bond acceptors (Lipinski definition) is 4. The maximum Gasteiger partial charge on any atom is 0.323 e. The fourth-order valence-electron chi connectivity index (χ4n) is 2.37. The van der Waals surface area contributed by atoms with Crippen LogP contribution >= 0.6 is 0 Å². The molecule has 132 valence electrons. The first-order valence-electron chi connectivity index (χ1n) is 7.83. The molecule has 1 atom stereocenters. The standard InChI is InChI=1S/C17H20N4O4/c1-3-11(2)20(10-15(22)23)17(25)13-9-14(16(18)24)21(19-13)12-7-5-4-6-8-12/h4-9,11H,3,10H2,1-2H3,(H2,18,24)(H,22,23). The van der Waals surface area contributed by atoms with E-state index in [2.05, 4.69) is 5.10 Å². The van der Waals surface area contributed by atoms with Crippen LogP contribution in [0, 0.1) is 0 Å². The Bertz CT molecular complexity index is 785. The topological polar surface area (TPSA) is 119 Å². The van der Waals surface area contributed by atoms with E-state index in [0.29, 0.717) is 12.1 Å². The number of para-hydroxylation sites is 1. The van der Waals surface area contributed by atoms with Gasteiger partial charge in [-0.25, -0.2) is 4.68 Å². The van der Waals surface area contributed by atoms with Crippen LogP contribution in [0.2, 0.25) is 0 Å². The highest BCUT2D eigenvalue weighted by molar-refractivity contribution is 5.98. The number of benzene rings is 1. The second-order valence-electron chi connectivity index (χ2n) is 5.61. The van der Waals surface area contributed by atoms with Gasteiger partial charge in [-0.2, -0.15) is 5.10 Å². The molecule has 8 heteroatoms. The van der Waals surface area contributed by atoms with Gasteiger partial charge in [0.1, 0.15) is 12.2 Å². The van der Waals surface area contributed by atoms with Crippen LogP contribution in [0.15, 0.2) is 36.4 Å². The Balaban J connectivity index is 2.46.